The molecule has 25 heavy (non-hydrogen) atoms. The first-order valence-electron chi connectivity index (χ1n) is 7.79. The third kappa shape index (κ3) is 4.38. The quantitative estimate of drug-likeness (QED) is 0.595. The molecule has 1 heterocycles. The third-order valence-corrected chi connectivity index (χ3v) is 4.65. The molecule has 3 rings (SSSR count). The van der Waals surface area contributed by atoms with E-state index in [1.807, 2.05) is 41.8 Å². The van der Waals surface area contributed by atoms with Crippen LogP contribution in [0.2, 0.25) is 0 Å². The van der Waals surface area contributed by atoms with Crippen LogP contribution in [-0.4, -0.2) is 23.6 Å². The average molecular weight is 373 g/mol. The molecule has 0 aliphatic heterocycles. The summed E-state index contributed by atoms with van der Waals surface area (Å²) in [5.74, 6) is 0.277. The standard InChI is InChI=1S/C19H17ClN2O2S/c1-13-4-2-3-5-16(13)18-22-17(12-25-18)14-6-8-15(9-7-14)21-19(23)24-11-10-20/h2-9,12H,10-11H2,1H3,(H,21,23). The fourth-order valence-corrected chi connectivity index (χ4v) is 3.35. The van der Waals surface area contributed by atoms with Gasteiger partial charge in [0.2, 0.25) is 0 Å². The maximum absolute atomic E-state index is 11.5. The molecule has 4 nitrogen and oxygen atoms in total. The van der Waals surface area contributed by atoms with Crippen molar-refractivity contribution in [2.24, 2.45) is 0 Å². The summed E-state index contributed by atoms with van der Waals surface area (Å²) in [4.78, 5) is 16.3. The Kier molecular flexibility index (Phi) is 5.68. The molecule has 0 spiro atoms. The van der Waals surface area contributed by atoms with Gasteiger partial charge < -0.3 is 4.74 Å². The highest BCUT2D eigenvalue weighted by Gasteiger charge is 2.09. The summed E-state index contributed by atoms with van der Waals surface area (Å²) >= 11 is 7.10. The number of amides is 1. The summed E-state index contributed by atoms with van der Waals surface area (Å²) in [5.41, 5.74) is 4.94. The average Bonchev–Trinajstić information content (AvgIpc) is 3.11. The van der Waals surface area contributed by atoms with Crippen molar-refractivity contribution in [3.8, 4) is 21.8 Å². The number of aromatic nitrogens is 1. The highest BCUT2D eigenvalue weighted by molar-refractivity contribution is 7.13. The van der Waals surface area contributed by atoms with Crippen LogP contribution in [0, 0.1) is 6.92 Å². The molecule has 0 radical (unpaired) electrons. The highest BCUT2D eigenvalue weighted by Crippen LogP contribution is 2.31. The molecule has 0 unspecified atom stereocenters. The molecule has 0 aliphatic carbocycles. The molecule has 1 aromatic heterocycles. The monoisotopic (exact) mass is 372 g/mol. The van der Waals surface area contributed by atoms with Crippen LogP contribution in [0.3, 0.4) is 0 Å². The number of anilines is 1. The first-order valence-corrected chi connectivity index (χ1v) is 9.20. The minimum absolute atomic E-state index is 0.186. The van der Waals surface area contributed by atoms with Crippen molar-refractivity contribution in [1.29, 1.82) is 0 Å². The van der Waals surface area contributed by atoms with Gasteiger partial charge in [0.25, 0.3) is 0 Å². The second kappa shape index (κ2) is 8.14. The number of thiazole rings is 1. The number of alkyl halides is 1. The number of halogens is 1. The van der Waals surface area contributed by atoms with Crippen molar-refractivity contribution in [3.63, 3.8) is 0 Å². The van der Waals surface area contributed by atoms with E-state index < -0.39 is 6.09 Å². The van der Waals surface area contributed by atoms with Gasteiger partial charge in [0.05, 0.1) is 11.6 Å². The van der Waals surface area contributed by atoms with E-state index in [0.717, 1.165) is 21.8 Å². The molecule has 6 heteroatoms. The number of carbonyl (C=O) groups is 1. The van der Waals surface area contributed by atoms with Gasteiger partial charge >= 0.3 is 6.09 Å². The van der Waals surface area contributed by atoms with Crippen molar-refractivity contribution in [2.45, 2.75) is 6.92 Å². The van der Waals surface area contributed by atoms with Gasteiger partial charge in [-0.2, -0.15) is 0 Å². The second-order valence-electron chi connectivity index (χ2n) is 5.38. The lowest BCUT2D eigenvalue weighted by atomic mass is 10.1. The highest BCUT2D eigenvalue weighted by atomic mass is 35.5. The zero-order valence-electron chi connectivity index (χ0n) is 13.7. The molecule has 0 fully saturated rings. The number of rotatable bonds is 5. The molecule has 128 valence electrons. The van der Waals surface area contributed by atoms with Crippen molar-refractivity contribution >= 4 is 34.7 Å². The van der Waals surface area contributed by atoms with Gasteiger partial charge in [0, 0.05) is 22.2 Å². The van der Waals surface area contributed by atoms with E-state index in [2.05, 4.69) is 24.4 Å². The van der Waals surface area contributed by atoms with Gasteiger partial charge in [-0.25, -0.2) is 9.78 Å². The van der Waals surface area contributed by atoms with Crippen LogP contribution in [0.4, 0.5) is 10.5 Å². The summed E-state index contributed by atoms with van der Waals surface area (Å²) in [6.45, 7) is 2.27. The maximum atomic E-state index is 11.5. The predicted molar refractivity (Wildman–Crippen MR) is 103 cm³/mol. The molecule has 1 N–H and O–H groups in total. The molecule has 0 saturated carbocycles. The fraction of sp³-hybridized carbons (Fsp3) is 0.158. The van der Waals surface area contributed by atoms with E-state index >= 15 is 0 Å². The van der Waals surface area contributed by atoms with Gasteiger partial charge in [0.1, 0.15) is 11.6 Å². The zero-order chi connectivity index (χ0) is 17.6. The van der Waals surface area contributed by atoms with Crippen LogP contribution < -0.4 is 5.32 Å². The number of hydrogen-bond donors (Lipinski definition) is 1. The number of benzene rings is 2. The molecular weight excluding hydrogens is 356 g/mol. The van der Waals surface area contributed by atoms with Gasteiger partial charge in [-0.05, 0) is 24.6 Å². The number of nitrogens with zero attached hydrogens (tertiary/aromatic N) is 1. The Labute approximate surface area is 155 Å². The van der Waals surface area contributed by atoms with Crippen LogP contribution >= 0.6 is 22.9 Å². The van der Waals surface area contributed by atoms with Crippen LogP contribution in [0.25, 0.3) is 21.8 Å². The summed E-state index contributed by atoms with van der Waals surface area (Å²) < 4.78 is 4.88. The van der Waals surface area contributed by atoms with E-state index in [0.29, 0.717) is 5.69 Å². The Morgan fingerprint density at radius 3 is 2.68 bits per heavy atom. The maximum Gasteiger partial charge on any atom is 0.411 e. The normalized spacial score (nSPS) is 10.5. The number of hydrogen-bond acceptors (Lipinski definition) is 4. The van der Waals surface area contributed by atoms with Crippen LogP contribution in [0.1, 0.15) is 5.56 Å². The Morgan fingerprint density at radius 2 is 1.96 bits per heavy atom. The Balaban J connectivity index is 1.73. The first-order chi connectivity index (χ1) is 12.2. The summed E-state index contributed by atoms with van der Waals surface area (Å²) in [5, 5.41) is 5.70. The van der Waals surface area contributed by atoms with Crippen molar-refractivity contribution < 1.29 is 9.53 Å². The molecule has 3 aromatic rings. The van der Waals surface area contributed by atoms with E-state index in [-0.39, 0.29) is 12.5 Å². The van der Waals surface area contributed by atoms with E-state index in [1.54, 1.807) is 11.3 Å². The van der Waals surface area contributed by atoms with Gasteiger partial charge in [-0.15, -0.1) is 22.9 Å². The molecule has 0 atom stereocenters. The van der Waals surface area contributed by atoms with E-state index in [4.69, 9.17) is 21.3 Å². The summed E-state index contributed by atoms with van der Waals surface area (Å²) in [6, 6.07) is 15.7. The first kappa shape index (κ1) is 17.5. The smallest absolute Gasteiger partial charge is 0.411 e. The number of carbonyl (C=O) groups excluding carboxylic acids is 1. The SMILES string of the molecule is Cc1ccccc1-c1nc(-c2ccc(NC(=O)OCCCl)cc2)cs1. The Hall–Kier alpha value is -2.37. The van der Waals surface area contributed by atoms with Crippen molar-refractivity contribution in [1.82, 2.24) is 4.98 Å². The minimum atomic E-state index is -0.510. The third-order valence-electron chi connectivity index (χ3n) is 3.62. The molecule has 2 aromatic carbocycles. The summed E-state index contributed by atoms with van der Waals surface area (Å²) in [6.07, 6.45) is -0.510. The Morgan fingerprint density at radius 1 is 1.20 bits per heavy atom. The topological polar surface area (TPSA) is 51.2 Å². The molecule has 0 bridgehead atoms. The van der Waals surface area contributed by atoms with Crippen LogP contribution in [0.15, 0.2) is 53.9 Å². The zero-order valence-corrected chi connectivity index (χ0v) is 15.2. The lowest BCUT2D eigenvalue weighted by Gasteiger charge is -2.06. The molecular formula is C19H17ClN2O2S. The van der Waals surface area contributed by atoms with Gasteiger partial charge in [-0.1, -0.05) is 36.4 Å². The largest absolute Gasteiger partial charge is 0.448 e. The molecule has 0 aliphatic rings. The Bertz CT molecular complexity index is 862. The lowest BCUT2D eigenvalue weighted by molar-refractivity contribution is 0.168. The van der Waals surface area contributed by atoms with E-state index in [9.17, 15) is 4.79 Å². The van der Waals surface area contributed by atoms with Crippen LogP contribution in [-0.2, 0) is 4.74 Å². The van der Waals surface area contributed by atoms with Gasteiger partial charge in [-0.3, -0.25) is 5.32 Å². The van der Waals surface area contributed by atoms with E-state index in [1.165, 1.54) is 5.56 Å². The predicted octanol–water partition coefficient (Wildman–Crippen LogP) is 5.57. The minimum Gasteiger partial charge on any atom is -0.448 e. The number of aryl methyl sites for hydroxylation is 1. The molecule has 0 saturated heterocycles. The van der Waals surface area contributed by atoms with Crippen molar-refractivity contribution in [3.05, 3.63) is 59.5 Å². The number of nitrogens with one attached hydrogen (secondary N) is 1. The molecule has 1 amide bonds. The number of ether oxygens (including phenoxy) is 1. The summed E-state index contributed by atoms with van der Waals surface area (Å²) in [7, 11) is 0. The van der Waals surface area contributed by atoms with Crippen molar-refractivity contribution in [2.75, 3.05) is 17.8 Å². The van der Waals surface area contributed by atoms with Crippen LogP contribution in [0.5, 0.6) is 0 Å². The van der Waals surface area contributed by atoms with Gasteiger partial charge in [0.15, 0.2) is 0 Å². The second-order valence-corrected chi connectivity index (χ2v) is 6.62. The lowest BCUT2D eigenvalue weighted by Crippen LogP contribution is -2.14. The fourth-order valence-electron chi connectivity index (χ4n) is 2.35.